The number of hydrogen-bond acceptors (Lipinski definition) is 3. The molecule has 0 radical (unpaired) electrons. The van der Waals surface area contributed by atoms with Gasteiger partial charge in [0.15, 0.2) is 0 Å². The Hall–Kier alpha value is -2.21. The lowest BCUT2D eigenvalue weighted by molar-refractivity contribution is -0.0212. The Bertz CT molecular complexity index is 787. The standard InChI is InChI=1S/C21H28FN3O2/c1-4-25-20(13-18(23-25)10-15(2)3)21(26)24-8-9-27-19(14-24)12-16-6-5-7-17(22)11-16/h5-7,11,13,15,19H,4,8-10,12,14H2,1-3H3/t19-/m1/s1. The van der Waals surface area contributed by atoms with Crippen LogP contribution in [0.5, 0.6) is 0 Å². The molecule has 1 aliphatic rings. The summed E-state index contributed by atoms with van der Waals surface area (Å²) in [6.45, 7) is 8.50. The average Bonchev–Trinajstić information content (AvgIpc) is 3.03. The highest BCUT2D eigenvalue weighted by Crippen LogP contribution is 2.17. The Morgan fingerprint density at radius 2 is 2.19 bits per heavy atom. The van der Waals surface area contributed by atoms with E-state index in [1.54, 1.807) is 10.7 Å². The van der Waals surface area contributed by atoms with Crippen molar-refractivity contribution in [1.29, 1.82) is 0 Å². The predicted octanol–water partition coefficient (Wildman–Crippen LogP) is 3.32. The van der Waals surface area contributed by atoms with Crippen molar-refractivity contribution in [1.82, 2.24) is 14.7 Å². The van der Waals surface area contributed by atoms with Crippen LogP contribution in [0.1, 0.15) is 42.5 Å². The zero-order valence-corrected chi connectivity index (χ0v) is 16.3. The second kappa shape index (κ2) is 8.65. The fourth-order valence-electron chi connectivity index (χ4n) is 3.52. The monoisotopic (exact) mass is 373 g/mol. The van der Waals surface area contributed by atoms with Gasteiger partial charge in [0.05, 0.1) is 18.4 Å². The maximum atomic E-state index is 13.4. The number of morpholine rings is 1. The number of amides is 1. The number of carbonyl (C=O) groups excluding carboxylic acids is 1. The van der Waals surface area contributed by atoms with Crippen molar-refractivity contribution in [3.8, 4) is 0 Å². The van der Waals surface area contributed by atoms with Crippen LogP contribution in [0.3, 0.4) is 0 Å². The molecule has 0 spiro atoms. The minimum Gasteiger partial charge on any atom is -0.374 e. The van der Waals surface area contributed by atoms with Gasteiger partial charge in [0, 0.05) is 26.1 Å². The van der Waals surface area contributed by atoms with Gasteiger partial charge in [-0.15, -0.1) is 0 Å². The molecule has 3 rings (SSSR count). The minimum atomic E-state index is -0.249. The molecule has 27 heavy (non-hydrogen) atoms. The Morgan fingerprint density at radius 1 is 1.37 bits per heavy atom. The van der Waals surface area contributed by atoms with Crippen molar-refractivity contribution in [2.45, 2.75) is 46.3 Å². The summed E-state index contributed by atoms with van der Waals surface area (Å²) in [4.78, 5) is 14.9. The normalized spacial score (nSPS) is 17.5. The van der Waals surface area contributed by atoms with E-state index in [4.69, 9.17) is 4.74 Å². The average molecular weight is 373 g/mol. The lowest BCUT2D eigenvalue weighted by Gasteiger charge is -2.33. The summed E-state index contributed by atoms with van der Waals surface area (Å²) in [6.07, 6.45) is 1.32. The van der Waals surface area contributed by atoms with Gasteiger partial charge in [0.1, 0.15) is 11.5 Å². The molecule has 0 N–H and O–H groups in total. The summed E-state index contributed by atoms with van der Waals surface area (Å²) in [5, 5.41) is 4.58. The lowest BCUT2D eigenvalue weighted by Crippen LogP contribution is -2.46. The van der Waals surface area contributed by atoms with Gasteiger partial charge >= 0.3 is 0 Å². The second-order valence-corrected chi connectivity index (χ2v) is 7.51. The molecule has 1 fully saturated rings. The van der Waals surface area contributed by atoms with Crippen LogP contribution in [-0.2, 0) is 24.1 Å². The van der Waals surface area contributed by atoms with Gasteiger partial charge in [0.25, 0.3) is 5.91 Å². The Balaban J connectivity index is 1.70. The van der Waals surface area contributed by atoms with Gasteiger partial charge in [0.2, 0.25) is 0 Å². The van der Waals surface area contributed by atoms with Crippen molar-refractivity contribution in [2.75, 3.05) is 19.7 Å². The van der Waals surface area contributed by atoms with E-state index in [-0.39, 0.29) is 17.8 Å². The van der Waals surface area contributed by atoms with Crippen LogP contribution in [0, 0.1) is 11.7 Å². The van der Waals surface area contributed by atoms with Crippen LogP contribution in [0.25, 0.3) is 0 Å². The van der Waals surface area contributed by atoms with E-state index in [1.807, 2.05) is 24.0 Å². The number of aromatic nitrogens is 2. The zero-order valence-electron chi connectivity index (χ0n) is 16.3. The molecule has 146 valence electrons. The maximum absolute atomic E-state index is 13.4. The zero-order chi connectivity index (χ0) is 19.4. The number of ether oxygens (including phenoxy) is 1. The van der Waals surface area contributed by atoms with E-state index in [0.717, 1.165) is 17.7 Å². The van der Waals surface area contributed by atoms with E-state index in [2.05, 4.69) is 18.9 Å². The molecule has 5 nitrogen and oxygen atoms in total. The third kappa shape index (κ3) is 4.95. The highest BCUT2D eigenvalue weighted by Gasteiger charge is 2.27. The fourth-order valence-corrected chi connectivity index (χ4v) is 3.52. The molecule has 1 saturated heterocycles. The first-order valence-corrected chi connectivity index (χ1v) is 9.68. The molecule has 1 amide bonds. The van der Waals surface area contributed by atoms with E-state index in [1.165, 1.54) is 12.1 Å². The molecule has 0 bridgehead atoms. The number of aryl methyl sites for hydroxylation is 1. The number of nitrogens with zero attached hydrogens (tertiary/aromatic N) is 3. The third-order valence-corrected chi connectivity index (χ3v) is 4.75. The van der Waals surface area contributed by atoms with E-state index in [9.17, 15) is 9.18 Å². The van der Waals surface area contributed by atoms with Gasteiger partial charge in [-0.25, -0.2) is 4.39 Å². The predicted molar refractivity (Wildman–Crippen MR) is 102 cm³/mol. The molecule has 1 aromatic heterocycles. The molecule has 6 heteroatoms. The molecule has 2 heterocycles. The SMILES string of the molecule is CCn1nc(CC(C)C)cc1C(=O)N1CCO[C@H](Cc2cccc(F)c2)C1. The fraction of sp³-hybridized carbons (Fsp3) is 0.524. The van der Waals surface area contributed by atoms with Gasteiger partial charge in [-0.3, -0.25) is 9.48 Å². The number of halogens is 1. The van der Waals surface area contributed by atoms with Crippen LogP contribution in [0.15, 0.2) is 30.3 Å². The molecule has 2 aromatic rings. The topological polar surface area (TPSA) is 47.4 Å². The van der Waals surface area contributed by atoms with E-state index >= 15 is 0 Å². The van der Waals surface area contributed by atoms with Crippen molar-refractivity contribution < 1.29 is 13.9 Å². The summed E-state index contributed by atoms with van der Waals surface area (Å²) in [6, 6.07) is 8.46. The smallest absolute Gasteiger partial charge is 0.272 e. The van der Waals surface area contributed by atoms with E-state index < -0.39 is 0 Å². The van der Waals surface area contributed by atoms with Gasteiger partial charge < -0.3 is 9.64 Å². The van der Waals surface area contributed by atoms with Gasteiger partial charge in [-0.2, -0.15) is 5.10 Å². The molecule has 0 saturated carbocycles. The first-order chi connectivity index (χ1) is 13.0. The molecule has 0 aliphatic carbocycles. The summed E-state index contributed by atoms with van der Waals surface area (Å²) in [5.74, 6) is 0.236. The molecule has 1 atom stereocenters. The molecule has 0 unspecified atom stereocenters. The van der Waals surface area contributed by atoms with Crippen LogP contribution in [0.2, 0.25) is 0 Å². The first-order valence-electron chi connectivity index (χ1n) is 9.68. The van der Waals surface area contributed by atoms with Crippen molar-refractivity contribution in [3.63, 3.8) is 0 Å². The van der Waals surface area contributed by atoms with Crippen LogP contribution < -0.4 is 0 Å². The molecule has 1 aliphatic heterocycles. The summed E-state index contributed by atoms with van der Waals surface area (Å²) in [7, 11) is 0. The number of hydrogen-bond donors (Lipinski definition) is 0. The molecule has 1 aromatic carbocycles. The van der Waals surface area contributed by atoms with Crippen molar-refractivity contribution in [2.24, 2.45) is 5.92 Å². The maximum Gasteiger partial charge on any atom is 0.272 e. The van der Waals surface area contributed by atoms with E-state index in [0.29, 0.717) is 44.3 Å². The van der Waals surface area contributed by atoms with Crippen LogP contribution in [-0.4, -0.2) is 46.4 Å². The first kappa shape index (κ1) is 19.5. The quantitative estimate of drug-likeness (QED) is 0.780. The second-order valence-electron chi connectivity index (χ2n) is 7.51. The number of carbonyl (C=O) groups is 1. The summed E-state index contributed by atoms with van der Waals surface area (Å²) >= 11 is 0. The highest BCUT2D eigenvalue weighted by molar-refractivity contribution is 5.92. The lowest BCUT2D eigenvalue weighted by atomic mass is 10.1. The molecular formula is C21H28FN3O2. The van der Waals surface area contributed by atoms with Crippen molar-refractivity contribution in [3.05, 3.63) is 53.1 Å². The Labute approximate surface area is 160 Å². The summed E-state index contributed by atoms with van der Waals surface area (Å²) in [5.41, 5.74) is 2.48. The van der Waals surface area contributed by atoms with Crippen LogP contribution >= 0.6 is 0 Å². The number of rotatable bonds is 6. The third-order valence-electron chi connectivity index (χ3n) is 4.75. The minimum absolute atomic E-state index is 0.00750. The molecular weight excluding hydrogens is 345 g/mol. The van der Waals surface area contributed by atoms with Crippen LogP contribution in [0.4, 0.5) is 4.39 Å². The van der Waals surface area contributed by atoms with Crippen molar-refractivity contribution >= 4 is 5.91 Å². The summed E-state index contributed by atoms with van der Waals surface area (Å²) < 4.78 is 21.0. The highest BCUT2D eigenvalue weighted by atomic mass is 19.1. The Morgan fingerprint density at radius 3 is 2.89 bits per heavy atom. The van der Waals surface area contributed by atoms with Gasteiger partial charge in [-0.05, 0) is 43.0 Å². The number of benzene rings is 1. The Kier molecular flexibility index (Phi) is 6.26. The van der Waals surface area contributed by atoms with Gasteiger partial charge in [-0.1, -0.05) is 26.0 Å². The largest absolute Gasteiger partial charge is 0.374 e.